The van der Waals surface area contributed by atoms with Crippen molar-refractivity contribution in [2.24, 2.45) is 17.6 Å². The van der Waals surface area contributed by atoms with E-state index in [-0.39, 0.29) is 18.3 Å². The van der Waals surface area contributed by atoms with Crippen molar-refractivity contribution in [2.45, 2.75) is 12.8 Å². The van der Waals surface area contributed by atoms with Crippen LogP contribution >= 0.6 is 12.4 Å². The smallest absolute Gasteiger partial charge is 0.253 e. The molecule has 0 aliphatic carbocycles. The first-order valence-electron chi connectivity index (χ1n) is 9.78. The number of nitrogens with zero attached hydrogens (tertiary/aromatic N) is 1. The van der Waals surface area contributed by atoms with Crippen LogP contribution in [-0.2, 0) is 0 Å². The van der Waals surface area contributed by atoms with Gasteiger partial charge in [-0.3, -0.25) is 9.59 Å². The topological polar surface area (TPSA) is 84.7 Å². The third kappa shape index (κ3) is 4.89. The number of primary amides is 1. The lowest BCUT2D eigenvalue weighted by molar-refractivity contribution is 0.0758. The van der Waals surface area contributed by atoms with Gasteiger partial charge in [-0.1, -0.05) is 0 Å². The van der Waals surface area contributed by atoms with Gasteiger partial charge in [-0.2, -0.15) is 0 Å². The third-order valence-corrected chi connectivity index (χ3v) is 5.78. The minimum Gasteiger partial charge on any atom is -0.457 e. The number of amides is 2. The summed E-state index contributed by atoms with van der Waals surface area (Å²) in [6, 6.07) is 13.9. The van der Waals surface area contributed by atoms with Crippen LogP contribution in [0.1, 0.15) is 33.6 Å². The number of benzene rings is 2. The molecule has 2 aromatic carbocycles. The molecule has 7 heteroatoms. The lowest BCUT2D eigenvalue weighted by Crippen LogP contribution is -2.32. The van der Waals surface area contributed by atoms with Crippen LogP contribution in [0.4, 0.5) is 0 Å². The van der Waals surface area contributed by atoms with Crippen molar-refractivity contribution in [2.75, 3.05) is 26.2 Å². The number of rotatable bonds is 4. The van der Waals surface area contributed by atoms with Gasteiger partial charge in [0.25, 0.3) is 5.91 Å². The van der Waals surface area contributed by atoms with Crippen molar-refractivity contribution < 1.29 is 14.3 Å². The molecule has 4 rings (SSSR count). The van der Waals surface area contributed by atoms with Crippen molar-refractivity contribution in [3.63, 3.8) is 0 Å². The lowest BCUT2D eigenvalue weighted by Gasteiger charge is -2.21. The van der Waals surface area contributed by atoms with Crippen molar-refractivity contribution >= 4 is 24.2 Å². The predicted octanol–water partition coefficient (Wildman–Crippen LogP) is 3.07. The van der Waals surface area contributed by atoms with E-state index in [0.717, 1.165) is 39.0 Å². The molecule has 0 aromatic heterocycles. The number of hydrogen-bond acceptors (Lipinski definition) is 4. The molecule has 154 valence electrons. The summed E-state index contributed by atoms with van der Waals surface area (Å²) >= 11 is 0. The average molecular weight is 416 g/mol. The summed E-state index contributed by atoms with van der Waals surface area (Å²) in [5.41, 5.74) is 6.36. The van der Waals surface area contributed by atoms with Gasteiger partial charge in [-0.05, 0) is 86.3 Å². The van der Waals surface area contributed by atoms with E-state index in [1.165, 1.54) is 0 Å². The monoisotopic (exact) mass is 415 g/mol. The maximum atomic E-state index is 12.9. The molecule has 2 aliphatic rings. The van der Waals surface area contributed by atoms with Gasteiger partial charge in [0.2, 0.25) is 5.91 Å². The van der Waals surface area contributed by atoms with E-state index in [1.807, 2.05) is 17.0 Å². The molecule has 0 bridgehead atoms. The molecule has 0 saturated carbocycles. The Balaban J connectivity index is 0.00000240. The number of carbonyl (C=O) groups excluding carboxylic acids is 2. The normalized spacial score (nSPS) is 20.9. The predicted molar refractivity (Wildman–Crippen MR) is 114 cm³/mol. The summed E-state index contributed by atoms with van der Waals surface area (Å²) < 4.78 is 5.78. The van der Waals surface area contributed by atoms with E-state index in [0.29, 0.717) is 34.5 Å². The number of nitrogens with two attached hydrogens (primary N) is 1. The second kappa shape index (κ2) is 9.29. The van der Waals surface area contributed by atoms with E-state index in [1.54, 1.807) is 36.4 Å². The molecule has 2 aromatic rings. The molecular formula is C22H26ClN3O3. The summed E-state index contributed by atoms with van der Waals surface area (Å²) in [4.78, 5) is 26.0. The maximum Gasteiger partial charge on any atom is 0.253 e. The molecule has 2 fully saturated rings. The molecule has 6 nitrogen and oxygen atoms in total. The Bertz CT molecular complexity index is 841. The fraction of sp³-hybridized carbons (Fsp3) is 0.364. The van der Waals surface area contributed by atoms with Crippen LogP contribution in [0.3, 0.4) is 0 Å². The standard InChI is InChI=1S/C22H25N3O3.ClH/c23-21(26)15-1-5-19(6-2-15)28-20-7-3-16(4-8-20)22(27)25-11-9-17-13-24-14-18(17)10-12-25;/h1-8,17-18,24H,9-14H2,(H2,23,26);1H/t17-,18+;. The summed E-state index contributed by atoms with van der Waals surface area (Å²) in [6.07, 6.45) is 2.15. The zero-order valence-corrected chi connectivity index (χ0v) is 17.0. The fourth-order valence-corrected chi connectivity index (χ4v) is 4.09. The zero-order valence-electron chi connectivity index (χ0n) is 16.2. The Kier molecular flexibility index (Phi) is 6.77. The first-order chi connectivity index (χ1) is 13.6. The van der Waals surface area contributed by atoms with Gasteiger partial charge < -0.3 is 20.7 Å². The highest BCUT2D eigenvalue weighted by molar-refractivity contribution is 5.94. The molecule has 2 atom stereocenters. The van der Waals surface area contributed by atoms with Crippen molar-refractivity contribution in [3.05, 3.63) is 59.7 Å². The molecular weight excluding hydrogens is 390 g/mol. The van der Waals surface area contributed by atoms with Crippen LogP contribution in [0, 0.1) is 11.8 Å². The van der Waals surface area contributed by atoms with E-state index in [2.05, 4.69) is 5.32 Å². The Hall–Kier alpha value is -2.57. The molecule has 2 aliphatic heterocycles. The lowest BCUT2D eigenvalue weighted by atomic mass is 9.92. The van der Waals surface area contributed by atoms with E-state index in [4.69, 9.17) is 10.5 Å². The van der Waals surface area contributed by atoms with Crippen molar-refractivity contribution in [1.82, 2.24) is 10.2 Å². The van der Waals surface area contributed by atoms with Gasteiger partial charge in [-0.15, -0.1) is 12.4 Å². The summed E-state index contributed by atoms with van der Waals surface area (Å²) in [5, 5.41) is 3.46. The van der Waals surface area contributed by atoms with Crippen LogP contribution in [-0.4, -0.2) is 42.9 Å². The van der Waals surface area contributed by atoms with E-state index >= 15 is 0 Å². The van der Waals surface area contributed by atoms with Gasteiger partial charge in [0.1, 0.15) is 11.5 Å². The van der Waals surface area contributed by atoms with Crippen LogP contribution in [0.15, 0.2) is 48.5 Å². The number of ether oxygens (including phenoxy) is 1. The summed E-state index contributed by atoms with van der Waals surface area (Å²) in [7, 11) is 0. The summed E-state index contributed by atoms with van der Waals surface area (Å²) in [6.45, 7) is 3.82. The third-order valence-electron chi connectivity index (χ3n) is 5.78. The first-order valence-corrected chi connectivity index (χ1v) is 9.78. The first kappa shape index (κ1) is 21.1. The second-order valence-electron chi connectivity index (χ2n) is 7.56. The molecule has 0 unspecified atom stereocenters. The molecule has 0 spiro atoms. The fourth-order valence-electron chi connectivity index (χ4n) is 4.09. The largest absolute Gasteiger partial charge is 0.457 e. The summed E-state index contributed by atoms with van der Waals surface area (Å²) in [5.74, 6) is 2.27. The number of halogens is 1. The van der Waals surface area contributed by atoms with Gasteiger partial charge >= 0.3 is 0 Å². The van der Waals surface area contributed by atoms with E-state index < -0.39 is 5.91 Å². The number of likely N-dealkylation sites (tertiary alicyclic amines) is 1. The number of hydrogen-bond donors (Lipinski definition) is 2. The molecule has 29 heavy (non-hydrogen) atoms. The van der Waals surface area contributed by atoms with Crippen LogP contribution in [0.2, 0.25) is 0 Å². The molecule has 3 N–H and O–H groups in total. The Morgan fingerprint density at radius 2 is 1.34 bits per heavy atom. The Morgan fingerprint density at radius 3 is 1.83 bits per heavy atom. The number of nitrogens with one attached hydrogen (secondary N) is 1. The van der Waals surface area contributed by atoms with Crippen molar-refractivity contribution in [1.29, 1.82) is 0 Å². The van der Waals surface area contributed by atoms with Gasteiger partial charge in [0, 0.05) is 24.2 Å². The van der Waals surface area contributed by atoms with E-state index in [9.17, 15) is 9.59 Å². The zero-order chi connectivity index (χ0) is 19.5. The molecule has 0 radical (unpaired) electrons. The van der Waals surface area contributed by atoms with Crippen molar-refractivity contribution in [3.8, 4) is 11.5 Å². The Labute approximate surface area is 176 Å². The van der Waals surface area contributed by atoms with Gasteiger partial charge in [0.05, 0.1) is 0 Å². The SMILES string of the molecule is Cl.NC(=O)c1ccc(Oc2ccc(C(=O)N3CC[C@@H]4CNC[C@@H]4CC3)cc2)cc1. The van der Waals surface area contributed by atoms with Crippen LogP contribution in [0.5, 0.6) is 11.5 Å². The van der Waals surface area contributed by atoms with Gasteiger partial charge in [0.15, 0.2) is 0 Å². The highest BCUT2D eigenvalue weighted by Crippen LogP contribution is 2.28. The van der Waals surface area contributed by atoms with Crippen LogP contribution in [0.25, 0.3) is 0 Å². The van der Waals surface area contributed by atoms with Gasteiger partial charge in [-0.25, -0.2) is 0 Å². The number of fused-ring (bicyclic) bond motifs is 1. The minimum atomic E-state index is -0.470. The highest BCUT2D eigenvalue weighted by atomic mass is 35.5. The molecule has 2 saturated heterocycles. The second-order valence-corrected chi connectivity index (χ2v) is 7.56. The van der Waals surface area contributed by atoms with Crippen LogP contribution < -0.4 is 15.8 Å². The number of carbonyl (C=O) groups is 2. The molecule has 2 amide bonds. The molecule has 2 heterocycles. The average Bonchev–Trinajstić information content (AvgIpc) is 3.07. The highest BCUT2D eigenvalue weighted by Gasteiger charge is 2.31. The Morgan fingerprint density at radius 1 is 0.862 bits per heavy atom. The maximum absolute atomic E-state index is 12.9. The quantitative estimate of drug-likeness (QED) is 0.803. The minimum absolute atomic E-state index is 0.